The summed E-state index contributed by atoms with van der Waals surface area (Å²) in [6.07, 6.45) is 4.33. The molecule has 0 spiro atoms. The molecule has 0 saturated carbocycles. The van der Waals surface area contributed by atoms with Gasteiger partial charge in [0.1, 0.15) is 13.2 Å². The topological polar surface area (TPSA) is 42.0 Å². The van der Waals surface area contributed by atoms with E-state index >= 15 is 0 Å². The summed E-state index contributed by atoms with van der Waals surface area (Å²) in [6.45, 7) is 5.24. The normalized spacial score (nSPS) is 17.3. The van der Waals surface area contributed by atoms with Crippen LogP contribution < -0.4 is 9.47 Å². The Kier molecular flexibility index (Phi) is 5.39. The average Bonchev–Trinajstić information content (AvgIpc) is 2.74. The van der Waals surface area contributed by atoms with Crippen LogP contribution in [0, 0.1) is 0 Å². The minimum atomic E-state index is 0.0615. The first-order chi connectivity index (χ1) is 13.3. The SMILES string of the molecule is O=C(c1ccc2c(c1)OCCO2)N1CCN(C/C=C/c2ccccc2)CC1. The molecule has 4 rings (SSSR count). The Morgan fingerprint density at radius 1 is 0.926 bits per heavy atom. The van der Waals surface area contributed by atoms with E-state index in [4.69, 9.17) is 9.47 Å². The van der Waals surface area contributed by atoms with E-state index in [-0.39, 0.29) is 5.91 Å². The van der Waals surface area contributed by atoms with Crippen molar-refractivity contribution < 1.29 is 14.3 Å². The van der Waals surface area contributed by atoms with Gasteiger partial charge >= 0.3 is 0 Å². The third-order valence-electron chi connectivity index (χ3n) is 4.92. The van der Waals surface area contributed by atoms with Gasteiger partial charge in [0.25, 0.3) is 5.91 Å². The Hall–Kier alpha value is -2.79. The second kappa shape index (κ2) is 8.27. The molecule has 5 nitrogen and oxygen atoms in total. The van der Waals surface area contributed by atoms with E-state index in [0.29, 0.717) is 30.3 Å². The molecule has 5 heteroatoms. The van der Waals surface area contributed by atoms with E-state index in [1.807, 2.05) is 35.2 Å². The summed E-state index contributed by atoms with van der Waals surface area (Å²) >= 11 is 0. The largest absolute Gasteiger partial charge is 0.486 e. The summed E-state index contributed by atoms with van der Waals surface area (Å²) in [6, 6.07) is 15.8. The molecule has 0 N–H and O–H groups in total. The van der Waals surface area contributed by atoms with Gasteiger partial charge in [-0.3, -0.25) is 9.69 Å². The van der Waals surface area contributed by atoms with Gasteiger partial charge in [-0.1, -0.05) is 42.5 Å². The van der Waals surface area contributed by atoms with Crippen molar-refractivity contribution in [1.82, 2.24) is 9.80 Å². The van der Waals surface area contributed by atoms with Crippen LogP contribution in [0.15, 0.2) is 54.6 Å². The van der Waals surface area contributed by atoms with Gasteiger partial charge in [0.15, 0.2) is 11.5 Å². The summed E-state index contributed by atoms with van der Waals surface area (Å²) in [7, 11) is 0. The maximum absolute atomic E-state index is 12.8. The van der Waals surface area contributed by atoms with E-state index in [2.05, 4.69) is 29.2 Å². The van der Waals surface area contributed by atoms with Gasteiger partial charge < -0.3 is 14.4 Å². The summed E-state index contributed by atoms with van der Waals surface area (Å²) < 4.78 is 11.1. The molecule has 0 radical (unpaired) electrons. The van der Waals surface area contributed by atoms with E-state index in [1.54, 1.807) is 6.07 Å². The van der Waals surface area contributed by atoms with Crippen LogP contribution in [0.4, 0.5) is 0 Å². The van der Waals surface area contributed by atoms with Crippen LogP contribution in [-0.4, -0.2) is 61.6 Å². The van der Waals surface area contributed by atoms with E-state index < -0.39 is 0 Å². The lowest BCUT2D eigenvalue weighted by Gasteiger charge is -2.34. The van der Waals surface area contributed by atoms with E-state index in [1.165, 1.54) is 5.56 Å². The van der Waals surface area contributed by atoms with Crippen molar-refractivity contribution in [3.05, 3.63) is 65.7 Å². The minimum absolute atomic E-state index is 0.0615. The number of piperazine rings is 1. The van der Waals surface area contributed by atoms with Crippen LogP contribution in [0.2, 0.25) is 0 Å². The molecule has 0 atom stereocenters. The molecule has 2 aliphatic heterocycles. The number of ether oxygens (including phenoxy) is 2. The van der Waals surface area contributed by atoms with Gasteiger partial charge in [-0.15, -0.1) is 0 Å². The van der Waals surface area contributed by atoms with E-state index in [0.717, 1.165) is 32.7 Å². The van der Waals surface area contributed by atoms with Crippen LogP contribution in [0.25, 0.3) is 6.08 Å². The van der Waals surface area contributed by atoms with Crippen LogP contribution in [0.5, 0.6) is 11.5 Å². The summed E-state index contributed by atoms with van der Waals surface area (Å²) in [5.74, 6) is 1.44. The summed E-state index contributed by atoms with van der Waals surface area (Å²) in [5, 5.41) is 0. The lowest BCUT2D eigenvalue weighted by atomic mass is 10.1. The van der Waals surface area contributed by atoms with Gasteiger partial charge in [0.2, 0.25) is 0 Å². The lowest BCUT2D eigenvalue weighted by Crippen LogP contribution is -2.48. The number of carbonyl (C=O) groups excluding carboxylic acids is 1. The number of hydrogen-bond acceptors (Lipinski definition) is 4. The van der Waals surface area contributed by atoms with Gasteiger partial charge in [0.05, 0.1) is 0 Å². The van der Waals surface area contributed by atoms with Crippen molar-refractivity contribution >= 4 is 12.0 Å². The molecule has 2 aliphatic rings. The number of nitrogens with zero attached hydrogens (tertiary/aromatic N) is 2. The standard InChI is InChI=1S/C22H24N2O3/c25-22(19-8-9-20-21(17-19)27-16-15-26-20)24-13-11-23(12-14-24)10-4-7-18-5-2-1-3-6-18/h1-9,17H,10-16H2/b7-4+. The molecule has 1 amide bonds. The zero-order valence-corrected chi connectivity index (χ0v) is 15.3. The molecule has 27 heavy (non-hydrogen) atoms. The Bertz CT molecular complexity index is 812. The Balaban J connectivity index is 1.30. The van der Waals surface area contributed by atoms with Crippen LogP contribution in [-0.2, 0) is 0 Å². The van der Waals surface area contributed by atoms with Crippen molar-refractivity contribution in [3.63, 3.8) is 0 Å². The van der Waals surface area contributed by atoms with Crippen molar-refractivity contribution in [3.8, 4) is 11.5 Å². The highest BCUT2D eigenvalue weighted by Gasteiger charge is 2.23. The third-order valence-corrected chi connectivity index (χ3v) is 4.92. The molecule has 2 aromatic carbocycles. The third kappa shape index (κ3) is 4.31. The first-order valence-corrected chi connectivity index (χ1v) is 9.42. The number of benzene rings is 2. The zero-order valence-electron chi connectivity index (χ0n) is 15.3. The fourth-order valence-electron chi connectivity index (χ4n) is 3.39. The molecule has 1 fully saturated rings. The Labute approximate surface area is 159 Å². The van der Waals surface area contributed by atoms with Crippen molar-refractivity contribution in [2.45, 2.75) is 0 Å². The van der Waals surface area contributed by atoms with Crippen LogP contribution in [0.1, 0.15) is 15.9 Å². The fourth-order valence-corrected chi connectivity index (χ4v) is 3.39. The van der Waals surface area contributed by atoms with E-state index in [9.17, 15) is 4.79 Å². The van der Waals surface area contributed by atoms with Crippen molar-refractivity contribution in [2.75, 3.05) is 45.9 Å². The second-order valence-electron chi connectivity index (χ2n) is 6.76. The molecule has 2 heterocycles. The van der Waals surface area contributed by atoms with Gasteiger partial charge in [-0.25, -0.2) is 0 Å². The second-order valence-corrected chi connectivity index (χ2v) is 6.76. The maximum Gasteiger partial charge on any atom is 0.254 e. The molecule has 0 aromatic heterocycles. The molecule has 0 aliphatic carbocycles. The minimum Gasteiger partial charge on any atom is -0.486 e. The molecular weight excluding hydrogens is 340 g/mol. The van der Waals surface area contributed by atoms with Crippen LogP contribution >= 0.6 is 0 Å². The maximum atomic E-state index is 12.8. The highest BCUT2D eigenvalue weighted by molar-refractivity contribution is 5.95. The lowest BCUT2D eigenvalue weighted by molar-refractivity contribution is 0.0649. The van der Waals surface area contributed by atoms with Gasteiger partial charge in [-0.2, -0.15) is 0 Å². The number of fused-ring (bicyclic) bond motifs is 1. The first-order valence-electron chi connectivity index (χ1n) is 9.42. The Morgan fingerprint density at radius 3 is 2.44 bits per heavy atom. The number of carbonyl (C=O) groups is 1. The number of rotatable bonds is 4. The monoisotopic (exact) mass is 364 g/mol. The molecule has 140 valence electrons. The summed E-state index contributed by atoms with van der Waals surface area (Å²) in [4.78, 5) is 17.1. The highest BCUT2D eigenvalue weighted by Crippen LogP contribution is 2.31. The predicted molar refractivity (Wildman–Crippen MR) is 105 cm³/mol. The Morgan fingerprint density at radius 2 is 1.67 bits per heavy atom. The quantitative estimate of drug-likeness (QED) is 0.837. The van der Waals surface area contributed by atoms with Gasteiger partial charge in [-0.05, 0) is 23.8 Å². The molecular formula is C22H24N2O3. The smallest absolute Gasteiger partial charge is 0.254 e. The predicted octanol–water partition coefficient (Wildman–Crippen LogP) is 2.93. The molecule has 0 bridgehead atoms. The number of hydrogen-bond donors (Lipinski definition) is 0. The fraction of sp³-hybridized carbons (Fsp3) is 0.318. The van der Waals surface area contributed by atoms with Gasteiger partial charge in [0, 0.05) is 38.3 Å². The molecule has 1 saturated heterocycles. The van der Waals surface area contributed by atoms with Crippen molar-refractivity contribution in [2.24, 2.45) is 0 Å². The zero-order chi connectivity index (χ0) is 18.5. The first kappa shape index (κ1) is 17.6. The van der Waals surface area contributed by atoms with Crippen molar-refractivity contribution in [1.29, 1.82) is 0 Å². The number of amides is 1. The highest BCUT2D eigenvalue weighted by atomic mass is 16.6. The van der Waals surface area contributed by atoms with Crippen LogP contribution in [0.3, 0.4) is 0 Å². The molecule has 2 aromatic rings. The summed E-state index contributed by atoms with van der Waals surface area (Å²) in [5.41, 5.74) is 1.88. The average molecular weight is 364 g/mol. The molecule has 0 unspecified atom stereocenters.